The summed E-state index contributed by atoms with van der Waals surface area (Å²) in [7, 11) is -2.21. The molecule has 2 aliphatic rings. The second-order valence-electron chi connectivity index (χ2n) is 6.57. The molecule has 2 unspecified atom stereocenters. The van der Waals surface area contributed by atoms with Crippen LogP contribution in [0.2, 0.25) is 0 Å². The van der Waals surface area contributed by atoms with Crippen molar-refractivity contribution in [1.29, 1.82) is 0 Å². The number of carbonyl (C=O) groups excluding carboxylic acids is 2. The minimum Gasteiger partial charge on any atom is -0.278 e. The molecule has 1 saturated heterocycles. The molecule has 1 aromatic carbocycles. The first-order chi connectivity index (χ1) is 11.3. The molecule has 2 fully saturated rings. The van der Waals surface area contributed by atoms with Crippen LogP contribution in [0.15, 0.2) is 23.1 Å². The number of sulfonamides is 1. The van der Waals surface area contributed by atoms with Gasteiger partial charge >= 0.3 is 0 Å². The van der Waals surface area contributed by atoms with Crippen LogP contribution < -0.4 is 4.72 Å². The highest BCUT2D eigenvalue weighted by Crippen LogP contribution is 2.38. The van der Waals surface area contributed by atoms with Gasteiger partial charge in [0.2, 0.25) is 21.8 Å². The predicted molar refractivity (Wildman–Crippen MR) is 88.4 cm³/mol. The molecule has 2 amide bonds. The Labute approximate surface area is 142 Å². The van der Waals surface area contributed by atoms with Gasteiger partial charge in [0.25, 0.3) is 0 Å². The Hall–Kier alpha value is -1.73. The maximum Gasteiger partial charge on any atom is 0.240 e. The first-order valence-corrected chi connectivity index (χ1v) is 9.72. The van der Waals surface area contributed by atoms with Crippen molar-refractivity contribution in [2.45, 2.75) is 44.0 Å². The number of aryl methyl sites for hydroxylation is 1. The lowest BCUT2D eigenvalue weighted by molar-refractivity contribution is -0.140. The molecule has 6 nitrogen and oxygen atoms in total. The van der Waals surface area contributed by atoms with Gasteiger partial charge in [0, 0.05) is 0 Å². The molecular formula is C17H22N2O4S. The number of amides is 2. The molecule has 1 aromatic rings. The Morgan fingerprint density at radius 2 is 1.71 bits per heavy atom. The monoisotopic (exact) mass is 350 g/mol. The van der Waals surface area contributed by atoms with Crippen LogP contribution in [-0.2, 0) is 26.2 Å². The molecule has 0 spiro atoms. The lowest BCUT2D eigenvalue weighted by Gasteiger charge is -2.19. The number of benzene rings is 1. The molecule has 1 aliphatic carbocycles. The third-order valence-electron chi connectivity index (χ3n) is 5.08. The molecule has 24 heavy (non-hydrogen) atoms. The van der Waals surface area contributed by atoms with Gasteiger partial charge in [0.15, 0.2) is 0 Å². The summed E-state index contributed by atoms with van der Waals surface area (Å²) in [5, 5.41) is 0. The lowest BCUT2D eigenvalue weighted by atomic mass is 9.81. The van der Waals surface area contributed by atoms with E-state index in [4.69, 9.17) is 0 Å². The zero-order chi connectivity index (χ0) is 17.5. The van der Waals surface area contributed by atoms with Crippen LogP contribution in [0.4, 0.5) is 0 Å². The van der Waals surface area contributed by atoms with Crippen LogP contribution in [0, 0.1) is 18.8 Å². The molecule has 3 rings (SSSR count). The van der Waals surface area contributed by atoms with Crippen LogP contribution in [0.3, 0.4) is 0 Å². The topological polar surface area (TPSA) is 83.6 Å². The standard InChI is InChI=1S/C17H22N2O4S/c1-11-7-8-12(9-15(11)24(22,23)18-2)10-19-16(20)13-5-3-4-6-14(13)17(19)21/h7-9,13-14,18H,3-6,10H2,1-2H3. The second-order valence-corrected chi connectivity index (χ2v) is 8.42. The summed E-state index contributed by atoms with van der Waals surface area (Å²) in [6.45, 7) is 1.85. The molecule has 2 atom stereocenters. The van der Waals surface area contributed by atoms with Crippen molar-refractivity contribution >= 4 is 21.8 Å². The SMILES string of the molecule is CNS(=O)(=O)c1cc(CN2C(=O)C3CCCCC3C2=O)ccc1C. The third-order valence-corrected chi connectivity index (χ3v) is 6.64. The second kappa shape index (κ2) is 6.29. The number of nitrogens with zero attached hydrogens (tertiary/aromatic N) is 1. The van der Waals surface area contributed by atoms with Gasteiger partial charge in [-0.2, -0.15) is 0 Å². The van der Waals surface area contributed by atoms with Crippen LogP contribution in [0.25, 0.3) is 0 Å². The van der Waals surface area contributed by atoms with Gasteiger partial charge in [-0.15, -0.1) is 0 Å². The Kier molecular flexibility index (Phi) is 4.48. The number of rotatable bonds is 4. The normalized spacial score (nSPS) is 24.3. The van der Waals surface area contributed by atoms with Crippen molar-refractivity contribution in [2.75, 3.05) is 7.05 Å². The molecule has 7 heteroatoms. The van der Waals surface area contributed by atoms with Gasteiger partial charge in [-0.05, 0) is 44.0 Å². The minimum atomic E-state index is -3.57. The summed E-state index contributed by atoms with van der Waals surface area (Å²) in [5.41, 5.74) is 1.27. The van der Waals surface area contributed by atoms with Crippen molar-refractivity contribution in [3.8, 4) is 0 Å². The highest BCUT2D eigenvalue weighted by atomic mass is 32.2. The van der Waals surface area contributed by atoms with E-state index in [1.54, 1.807) is 25.1 Å². The van der Waals surface area contributed by atoms with Crippen LogP contribution in [-0.4, -0.2) is 32.2 Å². The van der Waals surface area contributed by atoms with Gasteiger partial charge in [0.05, 0.1) is 23.3 Å². The summed E-state index contributed by atoms with van der Waals surface area (Å²) < 4.78 is 26.5. The number of hydrogen-bond acceptors (Lipinski definition) is 4. The molecule has 0 radical (unpaired) electrons. The first-order valence-electron chi connectivity index (χ1n) is 8.23. The number of carbonyl (C=O) groups is 2. The van der Waals surface area contributed by atoms with E-state index in [0.717, 1.165) is 25.7 Å². The Morgan fingerprint density at radius 1 is 1.12 bits per heavy atom. The Balaban J connectivity index is 1.88. The summed E-state index contributed by atoms with van der Waals surface area (Å²) in [6, 6.07) is 5.02. The van der Waals surface area contributed by atoms with E-state index in [2.05, 4.69) is 4.72 Å². The van der Waals surface area contributed by atoms with Crippen LogP contribution in [0.1, 0.15) is 36.8 Å². The molecular weight excluding hydrogens is 328 g/mol. The predicted octanol–water partition coefficient (Wildman–Crippen LogP) is 1.58. The van der Waals surface area contributed by atoms with E-state index >= 15 is 0 Å². The zero-order valence-electron chi connectivity index (χ0n) is 13.9. The summed E-state index contributed by atoms with van der Waals surface area (Å²) >= 11 is 0. The fourth-order valence-corrected chi connectivity index (χ4v) is 4.73. The van der Waals surface area contributed by atoms with Gasteiger partial charge in [-0.1, -0.05) is 25.0 Å². The van der Waals surface area contributed by atoms with Gasteiger partial charge < -0.3 is 0 Å². The van der Waals surface area contributed by atoms with E-state index in [1.165, 1.54) is 11.9 Å². The Bertz CT molecular complexity index is 764. The van der Waals surface area contributed by atoms with E-state index < -0.39 is 10.0 Å². The Morgan fingerprint density at radius 3 is 2.25 bits per heavy atom. The summed E-state index contributed by atoms with van der Waals surface area (Å²) in [4.78, 5) is 26.6. The first kappa shape index (κ1) is 17.1. The molecule has 1 aliphatic heterocycles. The van der Waals surface area contributed by atoms with Crippen LogP contribution >= 0.6 is 0 Å². The van der Waals surface area contributed by atoms with Gasteiger partial charge in [0.1, 0.15) is 0 Å². The fourth-order valence-electron chi connectivity index (χ4n) is 3.71. The molecule has 0 aromatic heterocycles. The van der Waals surface area contributed by atoms with Crippen molar-refractivity contribution < 1.29 is 18.0 Å². The number of fused-ring (bicyclic) bond motifs is 1. The smallest absolute Gasteiger partial charge is 0.240 e. The van der Waals surface area contributed by atoms with E-state index in [-0.39, 0.29) is 35.1 Å². The maximum atomic E-state index is 12.5. The number of hydrogen-bond donors (Lipinski definition) is 1. The van der Waals surface area contributed by atoms with Crippen molar-refractivity contribution in [2.24, 2.45) is 11.8 Å². The highest BCUT2D eigenvalue weighted by molar-refractivity contribution is 7.89. The largest absolute Gasteiger partial charge is 0.278 e. The van der Waals surface area contributed by atoms with Crippen molar-refractivity contribution in [1.82, 2.24) is 9.62 Å². The quantitative estimate of drug-likeness (QED) is 0.836. The maximum absolute atomic E-state index is 12.5. The third kappa shape index (κ3) is 2.86. The van der Waals surface area contributed by atoms with Gasteiger partial charge in [-0.3, -0.25) is 14.5 Å². The fraction of sp³-hybridized carbons (Fsp3) is 0.529. The lowest BCUT2D eigenvalue weighted by Crippen LogP contribution is -2.30. The summed E-state index contributed by atoms with van der Waals surface area (Å²) in [6.07, 6.45) is 3.53. The van der Waals surface area contributed by atoms with Crippen LogP contribution in [0.5, 0.6) is 0 Å². The van der Waals surface area contributed by atoms with E-state index in [1.807, 2.05) is 0 Å². The molecule has 0 bridgehead atoms. The molecule has 1 heterocycles. The van der Waals surface area contributed by atoms with Crippen molar-refractivity contribution in [3.05, 3.63) is 29.3 Å². The summed E-state index contributed by atoms with van der Waals surface area (Å²) in [5.74, 6) is -0.582. The average molecular weight is 350 g/mol. The van der Waals surface area contributed by atoms with Gasteiger partial charge in [-0.25, -0.2) is 13.1 Å². The number of imide groups is 1. The molecule has 1 N–H and O–H groups in total. The zero-order valence-corrected chi connectivity index (χ0v) is 14.7. The van der Waals surface area contributed by atoms with E-state index in [9.17, 15) is 18.0 Å². The molecule has 130 valence electrons. The van der Waals surface area contributed by atoms with Crippen molar-refractivity contribution in [3.63, 3.8) is 0 Å². The minimum absolute atomic E-state index is 0.108. The molecule has 1 saturated carbocycles. The average Bonchev–Trinajstić information content (AvgIpc) is 2.82. The number of likely N-dealkylation sites (tertiary alicyclic amines) is 1. The highest BCUT2D eigenvalue weighted by Gasteiger charge is 2.47. The number of nitrogens with one attached hydrogen (secondary N) is 1. The van der Waals surface area contributed by atoms with E-state index in [0.29, 0.717) is 11.1 Å².